The summed E-state index contributed by atoms with van der Waals surface area (Å²) in [5.41, 5.74) is 0.901. The van der Waals surface area contributed by atoms with Gasteiger partial charge in [0.05, 0.1) is 6.42 Å². The van der Waals surface area contributed by atoms with E-state index in [4.69, 9.17) is 5.11 Å². The first-order valence-corrected chi connectivity index (χ1v) is 8.30. The molecule has 0 heterocycles. The molecule has 0 spiro atoms. The maximum atomic E-state index is 12.6. The quantitative estimate of drug-likeness (QED) is 0.785. The Kier molecular flexibility index (Phi) is 4.97. The summed E-state index contributed by atoms with van der Waals surface area (Å²) in [5, 5.41) is 8.77. The van der Waals surface area contributed by atoms with Crippen LogP contribution in [0, 0.1) is 0 Å². The van der Waals surface area contributed by atoms with E-state index in [1.165, 1.54) is 15.7 Å². The zero-order valence-electron chi connectivity index (χ0n) is 12.0. The van der Waals surface area contributed by atoms with Gasteiger partial charge in [-0.25, -0.2) is 0 Å². The lowest BCUT2D eigenvalue weighted by molar-refractivity contribution is -0.137. The van der Waals surface area contributed by atoms with Crippen LogP contribution in [0.15, 0.2) is 30.3 Å². The van der Waals surface area contributed by atoms with E-state index in [1.54, 1.807) is 0 Å². The summed E-state index contributed by atoms with van der Waals surface area (Å²) in [7, 11) is -2.10. The Hall–Kier alpha value is -1.44. The summed E-state index contributed by atoms with van der Waals surface area (Å²) >= 11 is 0. The summed E-state index contributed by atoms with van der Waals surface area (Å²) in [6.45, 7) is 0.306. The largest absolute Gasteiger partial charge is 0.481 e. The second-order valence-corrected chi connectivity index (χ2v) is 7.22. The summed E-state index contributed by atoms with van der Waals surface area (Å²) in [4.78, 5) is 10.7. The van der Waals surface area contributed by atoms with Gasteiger partial charge in [0.1, 0.15) is 0 Å². The second kappa shape index (κ2) is 6.55. The molecule has 21 heavy (non-hydrogen) atoms. The molecule has 7 heteroatoms. The Morgan fingerprint density at radius 3 is 2.43 bits per heavy atom. The highest BCUT2D eigenvalue weighted by molar-refractivity contribution is 7.86. The molecule has 0 atom stereocenters. The highest BCUT2D eigenvalue weighted by atomic mass is 32.2. The van der Waals surface area contributed by atoms with Crippen LogP contribution in [0.2, 0.25) is 0 Å². The van der Waals surface area contributed by atoms with Gasteiger partial charge in [-0.2, -0.15) is 17.0 Å². The molecule has 1 N–H and O–H groups in total. The number of hydrogen-bond donors (Lipinski definition) is 1. The molecule has 0 radical (unpaired) electrons. The zero-order valence-corrected chi connectivity index (χ0v) is 12.8. The molecule has 1 aliphatic carbocycles. The fourth-order valence-electron chi connectivity index (χ4n) is 2.16. The van der Waals surface area contributed by atoms with Crippen molar-refractivity contribution in [1.82, 2.24) is 8.61 Å². The monoisotopic (exact) mass is 312 g/mol. The van der Waals surface area contributed by atoms with Crippen LogP contribution in [0.25, 0.3) is 0 Å². The number of rotatable bonds is 8. The molecule has 0 unspecified atom stereocenters. The number of hydrogen-bond acceptors (Lipinski definition) is 3. The molecule has 1 saturated carbocycles. The van der Waals surface area contributed by atoms with Gasteiger partial charge in [-0.1, -0.05) is 30.3 Å². The molecule has 2 rings (SSSR count). The molecule has 1 aliphatic rings. The fourth-order valence-corrected chi connectivity index (χ4v) is 3.74. The summed E-state index contributed by atoms with van der Waals surface area (Å²) in [6, 6.07) is 9.28. The lowest BCUT2D eigenvalue weighted by Crippen LogP contribution is -2.43. The molecule has 1 aromatic rings. The SMILES string of the molecule is CN(Cc1ccccc1)S(=O)(=O)N(CCC(=O)O)C1CC1. The Labute approximate surface area is 125 Å². The van der Waals surface area contributed by atoms with Crippen molar-refractivity contribution in [2.45, 2.75) is 31.8 Å². The zero-order chi connectivity index (χ0) is 15.5. The van der Waals surface area contributed by atoms with Gasteiger partial charge in [0.25, 0.3) is 10.2 Å². The van der Waals surface area contributed by atoms with Crippen molar-refractivity contribution >= 4 is 16.2 Å². The molecule has 1 aromatic carbocycles. The van der Waals surface area contributed by atoms with Crippen molar-refractivity contribution in [3.63, 3.8) is 0 Å². The topological polar surface area (TPSA) is 77.9 Å². The van der Waals surface area contributed by atoms with Crippen molar-refractivity contribution in [1.29, 1.82) is 0 Å². The minimum absolute atomic E-state index is 0.0292. The van der Waals surface area contributed by atoms with Gasteiger partial charge >= 0.3 is 5.97 Å². The molecule has 6 nitrogen and oxygen atoms in total. The number of aliphatic carboxylic acids is 1. The molecule has 0 bridgehead atoms. The van der Waals surface area contributed by atoms with E-state index in [-0.39, 0.29) is 25.6 Å². The van der Waals surface area contributed by atoms with Crippen molar-refractivity contribution in [2.24, 2.45) is 0 Å². The molecule has 0 aromatic heterocycles. The van der Waals surface area contributed by atoms with Crippen LogP contribution in [-0.4, -0.2) is 47.7 Å². The predicted molar refractivity (Wildman–Crippen MR) is 78.8 cm³/mol. The van der Waals surface area contributed by atoms with Crippen LogP contribution in [0.3, 0.4) is 0 Å². The van der Waals surface area contributed by atoms with Crippen molar-refractivity contribution in [2.75, 3.05) is 13.6 Å². The van der Waals surface area contributed by atoms with Gasteiger partial charge in [0, 0.05) is 26.2 Å². The Balaban J connectivity index is 2.08. The van der Waals surface area contributed by atoms with Crippen molar-refractivity contribution in [3.05, 3.63) is 35.9 Å². The van der Waals surface area contributed by atoms with Crippen LogP contribution in [0.5, 0.6) is 0 Å². The molecule has 0 amide bonds. The molecule has 0 aliphatic heterocycles. The van der Waals surface area contributed by atoms with Gasteiger partial charge in [-0.05, 0) is 18.4 Å². The molecule has 116 valence electrons. The van der Waals surface area contributed by atoms with Crippen molar-refractivity contribution in [3.8, 4) is 0 Å². The van der Waals surface area contributed by atoms with E-state index in [0.717, 1.165) is 18.4 Å². The second-order valence-electron chi connectivity index (χ2n) is 5.24. The first-order valence-electron chi connectivity index (χ1n) is 6.90. The van der Waals surface area contributed by atoms with Crippen LogP contribution in [0.4, 0.5) is 0 Å². The third kappa shape index (κ3) is 4.26. The highest BCUT2D eigenvalue weighted by Crippen LogP contribution is 2.30. The molecule has 1 fully saturated rings. The van der Waals surface area contributed by atoms with Crippen LogP contribution >= 0.6 is 0 Å². The maximum absolute atomic E-state index is 12.6. The Morgan fingerprint density at radius 2 is 1.90 bits per heavy atom. The number of nitrogens with zero attached hydrogens (tertiary/aromatic N) is 2. The minimum Gasteiger partial charge on any atom is -0.481 e. The van der Waals surface area contributed by atoms with Gasteiger partial charge < -0.3 is 5.11 Å². The van der Waals surface area contributed by atoms with Gasteiger partial charge in [0.2, 0.25) is 0 Å². The first kappa shape index (κ1) is 15.9. The standard InChI is InChI=1S/C14H20N2O4S/c1-15(11-12-5-3-2-4-6-12)21(19,20)16(13-7-8-13)10-9-14(17)18/h2-6,13H,7-11H2,1H3,(H,17,18). The van der Waals surface area contributed by atoms with Crippen molar-refractivity contribution < 1.29 is 18.3 Å². The first-order chi connectivity index (χ1) is 9.91. The summed E-state index contributed by atoms with van der Waals surface area (Å²) in [5.74, 6) is -0.985. The molecular weight excluding hydrogens is 292 g/mol. The van der Waals surface area contributed by atoms with Crippen LogP contribution in [0.1, 0.15) is 24.8 Å². The lowest BCUT2D eigenvalue weighted by atomic mass is 10.2. The van der Waals surface area contributed by atoms with Gasteiger partial charge in [-0.3, -0.25) is 4.79 Å². The molecular formula is C14H20N2O4S. The smallest absolute Gasteiger partial charge is 0.304 e. The highest BCUT2D eigenvalue weighted by Gasteiger charge is 2.39. The van der Waals surface area contributed by atoms with E-state index in [2.05, 4.69) is 0 Å². The fraction of sp³-hybridized carbons (Fsp3) is 0.500. The maximum Gasteiger partial charge on any atom is 0.304 e. The molecule has 0 saturated heterocycles. The lowest BCUT2D eigenvalue weighted by Gasteiger charge is -2.27. The van der Waals surface area contributed by atoms with Gasteiger partial charge in [0.15, 0.2) is 0 Å². The van der Waals surface area contributed by atoms with E-state index < -0.39 is 16.2 Å². The normalized spacial score (nSPS) is 15.6. The number of carboxylic acids is 1. The number of carbonyl (C=O) groups is 1. The van der Waals surface area contributed by atoms with E-state index in [0.29, 0.717) is 0 Å². The number of carboxylic acid groups (broad SMARTS) is 1. The summed E-state index contributed by atoms with van der Waals surface area (Å²) in [6.07, 6.45) is 1.44. The average Bonchev–Trinajstić information content (AvgIpc) is 3.24. The Bertz CT molecular complexity index is 584. The van der Waals surface area contributed by atoms with Crippen LogP contribution in [-0.2, 0) is 21.5 Å². The predicted octanol–water partition coefficient (Wildman–Crippen LogP) is 1.30. The average molecular weight is 312 g/mol. The van der Waals surface area contributed by atoms with Crippen LogP contribution < -0.4 is 0 Å². The summed E-state index contributed by atoms with van der Waals surface area (Å²) < 4.78 is 27.8. The number of benzene rings is 1. The van der Waals surface area contributed by atoms with E-state index >= 15 is 0 Å². The third-order valence-electron chi connectivity index (χ3n) is 3.44. The van der Waals surface area contributed by atoms with E-state index in [1.807, 2.05) is 30.3 Å². The Morgan fingerprint density at radius 1 is 1.29 bits per heavy atom. The minimum atomic E-state index is -3.63. The van der Waals surface area contributed by atoms with Gasteiger partial charge in [-0.15, -0.1) is 0 Å². The third-order valence-corrected chi connectivity index (χ3v) is 5.43. The van der Waals surface area contributed by atoms with E-state index in [9.17, 15) is 13.2 Å².